The molecule has 0 aliphatic carbocycles. The number of alkyl halides is 3. The molecular formula is C15H10ClF3NO4-. The average molecular weight is 361 g/mol. The van der Waals surface area contributed by atoms with Gasteiger partial charge in [0, 0.05) is 11.9 Å². The lowest BCUT2D eigenvalue weighted by Crippen LogP contribution is -2.45. The van der Waals surface area contributed by atoms with Crippen LogP contribution in [0.5, 0.6) is 0 Å². The molecule has 2 heterocycles. The number of nitrogens with one attached hydrogen (secondary N) is 1. The molecule has 3 rings (SSSR count). The van der Waals surface area contributed by atoms with Gasteiger partial charge >= 0.3 is 6.18 Å². The number of ether oxygens (including phenoxy) is 1. The van der Waals surface area contributed by atoms with E-state index in [0.29, 0.717) is 6.07 Å². The van der Waals surface area contributed by atoms with E-state index in [4.69, 9.17) is 16.3 Å². The van der Waals surface area contributed by atoms with E-state index in [2.05, 4.69) is 5.32 Å². The molecule has 1 aromatic rings. The summed E-state index contributed by atoms with van der Waals surface area (Å²) in [5.41, 5.74) is -1.23. The van der Waals surface area contributed by atoms with Crippen LogP contribution in [0.2, 0.25) is 5.02 Å². The first-order valence-electron chi connectivity index (χ1n) is 6.91. The fraction of sp³-hybridized carbons (Fsp3) is 0.333. The summed E-state index contributed by atoms with van der Waals surface area (Å²) >= 11 is 5.82. The molecular weight excluding hydrogens is 351 g/mol. The van der Waals surface area contributed by atoms with Gasteiger partial charge in [-0.2, -0.15) is 13.2 Å². The summed E-state index contributed by atoms with van der Waals surface area (Å²) < 4.78 is 43.6. The molecule has 5 nitrogen and oxygen atoms in total. The van der Waals surface area contributed by atoms with Gasteiger partial charge in [-0.05, 0) is 18.2 Å². The van der Waals surface area contributed by atoms with Crippen molar-refractivity contribution in [2.45, 2.75) is 18.4 Å². The largest absolute Gasteiger partial charge is 0.550 e. The van der Waals surface area contributed by atoms with Crippen LogP contribution in [0.15, 0.2) is 30.4 Å². The number of carboxylic acids is 1. The van der Waals surface area contributed by atoms with Crippen LogP contribution in [-0.2, 0) is 20.5 Å². The Morgan fingerprint density at radius 3 is 2.38 bits per heavy atom. The number of halogens is 4. The minimum Gasteiger partial charge on any atom is -0.550 e. The second kappa shape index (κ2) is 5.78. The molecule has 0 radical (unpaired) electrons. The molecule has 1 amide bonds. The number of hydrogen-bond donors (Lipinski definition) is 1. The first kappa shape index (κ1) is 16.8. The Balaban J connectivity index is 1.85. The molecule has 0 unspecified atom stereocenters. The lowest BCUT2D eigenvalue weighted by atomic mass is 9.82. The maximum Gasteiger partial charge on any atom is 0.416 e. The number of fused-ring (bicyclic) bond motifs is 2. The van der Waals surface area contributed by atoms with Gasteiger partial charge in [0.15, 0.2) is 0 Å². The molecule has 0 spiro atoms. The van der Waals surface area contributed by atoms with E-state index in [0.717, 1.165) is 12.1 Å². The number of carbonyl (C=O) groups is 2. The van der Waals surface area contributed by atoms with E-state index < -0.39 is 47.7 Å². The van der Waals surface area contributed by atoms with Crippen LogP contribution in [-0.4, -0.2) is 24.1 Å². The summed E-state index contributed by atoms with van der Waals surface area (Å²) in [6, 6.07) is 2.48. The van der Waals surface area contributed by atoms with Gasteiger partial charge in [-0.3, -0.25) is 4.79 Å². The highest BCUT2D eigenvalue weighted by molar-refractivity contribution is 6.33. The van der Waals surface area contributed by atoms with Crippen LogP contribution in [0.4, 0.5) is 18.9 Å². The molecule has 2 aliphatic rings. The zero-order valence-corrected chi connectivity index (χ0v) is 12.6. The molecule has 2 aliphatic heterocycles. The van der Waals surface area contributed by atoms with Gasteiger partial charge in [0.1, 0.15) is 0 Å². The van der Waals surface area contributed by atoms with Crippen molar-refractivity contribution in [2.75, 3.05) is 5.32 Å². The highest BCUT2D eigenvalue weighted by Crippen LogP contribution is 2.40. The van der Waals surface area contributed by atoms with E-state index in [1.807, 2.05) is 0 Å². The number of hydrogen-bond acceptors (Lipinski definition) is 4. The van der Waals surface area contributed by atoms with Gasteiger partial charge in [-0.15, -0.1) is 0 Å². The number of aliphatic carboxylic acids is 1. The molecule has 1 saturated heterocycles. The van der Waals surface area contributed by atoms with Crippen LogP contribution in [0.1, 0.15) is 5.56 Å². The summed E-state index contributed by atoms with van der Waals surface area (Å²) in [6.45, 7) is 0. The van der Waals surface area contributed by atoms with Crippen LogP contribution >= 0.6 is 11.6 Å². The van der Waals surface area contributed by atoms with Crippen molar-refractivity contribution in [3.8, 4) is 0 Å². The van der Waals surface area contributed by atoms with Crippen LogP contribution in [0.3, 0.4) is 0 Å². The first-order chi connectivity index (χ1) is 11.2. The normalized spacial score (nSPS) is 28.2. The number of benzene rings is 1. The highest BCUT2D eigenvalue weighted by Gasteiger charge is 2.50. The fourth-order valence-electron chi connectivity index (χ4n) is 2.92. The van der Waals surface area contributed by atoms with Gasteiger partial charge in [0.2, 0.25) is 5.91 Å². The van der Waals surface area contributed by atoms with E-state index in [1.165, 1.54) is 6.08 Å². The van der Waals surface area contributed by atoms with Crippen LogP contribution < -0.4 is 10.4 Å². The number of amides is 1. The van der Waals surface area contributed by atoms with Crippen molar-refractivity contribution < 1.29 is 32.6 Å². The zero-order chi connectivity index (χ0) is 17.6. The van der Waals surface area contributed by atoms with E-state index in [-0.39, 0.29) is 10.7 Å². The standard InChI is InChI=1S/C15H11ClF3NO4/c16-7-2-1-6(15(17,18)19)5-8(7)20-13(21)11-9-3-4-10(24-9)12(11)14(22)23/h1-5,9-12H,(H,20,21)(H,22,23)/p-1/t9-,10+,11-,12-/m0/s1. The van der Waals surface area contributed by atoms with E-state index >= 15 is 0 Å². The number of rotatable bonds is 3. The Kier molecular flexibility index (Phi) is 4.05. The summed E-state index contributed by atoms with van der Waals surface area (Å²) in [5, 5.41) is 13.4. The van der Waals surface area contributed by atoms with Gasteiger partial charge in [0.25, 0.3) is 0 Å². The summed E-state index contributed by atoms with van der Waals surface area (Å²) in [4.78, 5) is 23.6. The van der Waals surface area contributed by atoms with Crippen molar-refractivity contribution in [3.05, 3.63) is 40.9 Å². The number of carbonyl (C=O) groups excluding carboxylic acids is 2. The fourth-order valence-corrected chi connectivity index (χ4v) is 3.08. The van der Waals surface area contributed by atoms with Crippen LogP contribution in [0.25, 0.3) is 0 Å². The van der Waals surface area contributed by atoms with Crippen molar-refractivity contribution >= 4 is 29.2 Å². The van der Waals surface area contributed by atoms with Gasteiger partial charge in [0.05, 0.1) is 34.4 Å². The van der Waals surface area contributed by atoms with Gasteiger partial charge in [-0.25, -0.2) is 0 Å². The van der Waals surface area contributed by atoms with Gasteiger partial charge < -0.3 is 20.0 Å². The molecule has 2 bridgehead atoms. The van der Waals surface area contributed by atoms with Crippen molar-refractivity contribution in [1.82, 2.24) is 0 Å². The second-order valence-corrected chi connectivity index (χ2v) is 5.91. The van der Waals surface area contributed by atoms with Crippen molar-refractivity contribution in [2.24, 2.45) is 11.8 Å². The maximum atomic E-state index is 12.8. The minimum absolute atomic E-state index is 0.0963. The third-order valence-corrected chi connectivity index (χ3v) is 4.36. The van der Waals surface area contributed by atoms with E-state index in [9.17, 15) is 27.9 Å². The Hall–Kier alpha value is -2.06. The van der Waals surface area contributed by atoms with E-state index in [1.54, 1.807) is 6.08 Å². The lowest BCUT2D eigenvalue weighted by molar-refractivity contribution is -0.313. The van der Waals surface area contributed by atoms with Gasteiger partial charge in [-0.1, -0.05) is 23.8 Å². The topological polar surface area (TPSA) is 78.5 Å². The van der Waals surface area contributed by atoms with Crippen molar-refractivity contribution in [3.63, 3.8) is 0 Å². The Morgan fingerprint density at radius 1 is 1.17 bits per heavy atom. The predicted octanol–water partition coefficient (Wildman–Crippen LogP) is 1.62. The highest BCUT2D eigenvalue weighted by atomic mass is 35.5. The SMILES string of the molecule is O=C(Nc1cc(C(F)(F)F)ccc1Cl)[C@@H]1[C@@H](C(=O)[O-])[C@H]2C=C[C@@H]1O2. The molecule has 9 heteroatoms. The van der Waals surface area contributed by atoms with Crippen LogP contribution in [0, 0.1) is 11.8 Å². The Morgan fingerprint density at radius 2 is 1.79 bits per heavy atom. The molecule has 0 aromatic heterocycles. The maximum absolute atomic E-state index is 12.8. The first-order valence-corrected chi connectivity index (χ1v) is 7.28. The molecule has 24 heavy (non-hydrogen) atoms. The monoisotopic (exact) mass is 360 g/mol. The third kappa shape index (κ3) is 2.87. The summed E-state index contributed by atoms with van der Waals surface area (Å²) in [6.07, 6.45) is -3.08. The lowest BCUT2D eigenvalue weighted by Gasteiger charge is -2.25. The average Bonchev–Trinajstić information content (AvgIpc) is 3.08. The Labute approximate surface area is 139 Å². The number of anilines is 1. The minimum atomic E-state index is -4.60. The third-order valence-electron chi connectivity index (χ3n) is 4.03. The quantitative estimate of drug-likeness (QED) is 0.831. The molecule has 1 N–H and O–H groups in total. The van der Waals surface area contributed by atoms with Crippen molar-refractivity contribution in [1.29, 1.82) is 0 Å². The molecule has 1 fully saturated rings. The molecule has 0 saturated carbocycles. The zero-order valence-electron chi connectivity index (χ0n) is 11.8. The molecule has 4 atom stereocenters. The smallest absolute Gasteiger partial charge is 0.416 e. The second-order valence-electron chi connectivity index (χ2n) is 5.50. The summed E-state index contributed by atoms with van der Waals surface area (Å²) in [7, 11) is 0. The number of carboxylic acid groups (broad SMARTS) is 1. The molecule has 1 aromatic carbocycles. The predicted molar refractivity (Wildman–Crippen MR) is 74.9 cm³/mol. The summed E-state index contributed by atoms with van der Waals surface area (Å²) in [5.74, 6) is -4.55. The molecule has 128 valence electrons. The Bertz CT molecular complexity index is 734.